The first-order valence-electron chi connectivity index (χ1n) is 8.61. The first-order chi connectivity index (χ1) is 12.1. The van der Waals surface area contributed by atoms with Crippen molar-refractivity contribution in [3.63, 3.8) is 0 Å². The second-order valence-electron chi connectivity index (χ2n) is 7.01. The summed E-state index contributed by atoms with van der Waals surface area (Å²) in [5.74, 6) is -1.74. The smallest absolute Gasteiger partial charge is 0.475 e. The number of aliphatic carboxylic acids is 1. The summed E-state index contributed by atoms with van der Waals surface area (Å²) in [6.45, 7) is 8.06. The van der Waals surface area contributed by atoms with Gasteiger partial charge in [0.15, 0.2) is 0 Å². The summed E-state index contributed by atoms with van der Waals surface area (Å²) >= 11 is 0. The van der Waals surface area contributed by atoms with E-state index in [0.717, 1.165) is 25.6 Å². The second-order valence-corrected chi connectivity index (χ2v) is 7.01. The zero-order chi connectivity index (χ0) is 19.4. The lowest BCUT2D eigenvalue weighted by atomic mass is 10.0. The van der Waals surface area contributed by atoms with Crippen LogP contribution in [0, 0.1) is 5.92 Å². The Labute approximate surface area is 150 Å². The van der Waals surface area contributed by atoms with E-state index in [1.54, 1.807) is 6.92 Å². The minimum absolute atomic E-state index is 0.118. The molecule has 2 heterocycles. The number of halogens is 3. The molecule has 3 aliphatic rings. The summed E-state index contributed by atoms with van der Waals surface area (Å²) in [6.07, 6.45) is -2.33. The van der Waals surface area contributed by atoms with Crippen molar-refractivity contribution in [3.05, 3.63) is 0 Å². The number of carboxylic acids is 1. The maximum atomic E-state index is 11.6. The number of alkyl halides is 3. The van der Waals surface area contributed by atoms with Crippen LogP contribution in [0.3, 0.4) is 0 Å². The molecule has 1 spiro atoms. The molecule has 1 saturated carbocycles. The molecule has 1 unspecified atom stereocenters. The minimum atomic E-state index is -5.08. The molecular weight excluding hydrogens is 357 g/mol. The quantitative estimate of drug-likeness (QED) is 0.767. The summed E-state index contributed by atoms with van der Waals surface area (Å²) in [7, 11) is 0. The summed E-state index contributed by atoms with van der Waals surface area (Å²) in [5.41, 5.74) is -0.310. The number of rotatable bonds is 2. The van der Waals surface area contributed by atoms with Crippen LogP contribution in [0.1, 0.15) is 19.8 Å². The molecule has 1 atom stereocenters. The summed E-state index contributed by atoms with van der Waals surface area (Å²) in [5, 5.41) is 7.12. The number of carbonyl (C=O) groups excluding carboxylic acids is 1. The zero-order valence-electron chi connectivity index (χ0n) is 14.8. The molecule has 0 aromatic carbocycles. The number of hydrogen-bond donors (Lipinski definition) is 1. The van der Waals surface area contributed by atoms with E-state index >= 15 is 0 Å². The number of nitrogens with zero attached hydrogens (tertiary/aromatic N) is 2. The van der Waals surface area contributed by atoms with E-state index in [1.807, 2.05) is 4.90 Å². The zero-order valence-corrected chi connectivity index (χ0v) is 14.8. The van der Waals surface area contributed by atoms with Gasteiger partial charge >= 0.3 is 12.1 Å². The predicted molar refractivity (Wildman–Crippen MR) is 84.6 cm³/mol. The highest BCUT2D eigenvalue weighted by Gasteiger charge is 2.42. The Balaban J connectivity index is 0.000000298. The van der Waals surface area contributed by atoms with Crippen LogP contribution in [-0.4, -0.2) is 91.1 Å². The Bertz CT molecular complexity index is 513. The van der Waals surface area contributed by atoms with E-state index in [0.29, 0.717) is 26.3 Å². The van der Waals surface area contributed by atoms with Crippen LogP contribution in [0.2, 0.25) is 0 Å². The van der Waals surface area contributed by atoms with Crippen molar-refractivity contribution in [1.82, 2.24) is 9.80 Å². The third kappa shape index (κ3) is 6.40. The number of morpholine rings is 1. The first-order valence-corrected chi connectivity index (χ1v) is 8.61. The number of carbonyl (C=O) groups is 2. The molecule has 1 aliphatic carbocycles. The molecular formula is C16H25F3N2O5. The lowest BCUT2D eigenvalue weighted by molar-refractivity contribution is -0.192. The SMILES string of the molecule is CC(=O)N1CCOCC2(CN(CC3CC3)CCO2)C1.O=C(O)C(F)(F)F. The number of ether oxygens (including phenoxy) is 2. The number of hydrogen-bond acceptors (Lipinski definition) is 5. The summed E-state index contributed by atoms with van der Waals surface area (Å²) in [4.78, 5) is 24.9. The molecule has 150 valence electrons. The van der Waals surface area contributed by atoms with Gasteiger partial charge in [-0.3, -0.25) is 9.69 Å². The van der Waals surface area contributed by atoms with Crippen molar-refractivity contribution in [3.8, 4) is 0 Å². The van der Waals surface area contributed by atoms with Crippen molar-refractivity contribution in [2.24, 2.45) is 5.92 Å². The third-order valence-corrected chi connectivity index (χ3v) is 4.58. The van der Waals surface area contributed by atoms with Gasteiger partial charge in [0, 0.05) is 33.1 Å². The van der Waals surface area contributed by atoms with E-state index in [1.165, 1.54) is 19.4 Å². The molecule has 1 amide bonds. The highest BCUT2D eigenvalue weighted by Crippen LogP contribution is 2.31. The largest absolute Gasteiger partial charge is 0.490 e. The van der Waals surface area contributed by atoms with Gasteiger partial charge in [-0.2, -0.15) is 13.2 Å². The molecule has 0 bridgehead atoms. The molecule has 0 aromatic heterocycles. The normalized spacial score (nSPS) is 27.5. The third-order valence-electron chi connectivity index (χ3n) is 4.58. The summed E-state index contributed by atoms with van der Waals surface area (Å²) < 4.78 is 43.5. The number of amides is 1. The Morgan fingerprint density at radius 2 is 1.85 bits per heavy atom. The van der Waals surface area contributed by atoms with E-state index in [-0.39, 0.29) is 11.5 Å². The fourth-order valence-electron chi connectivity index (χ4n) is 3.10. The maximum absolute atomic E-state index is 11.6. The average Bonchev–Trinajstić information content (AvgIpc) is 3.35. The van der Waals surface area contributed by atoms with E-state index < -0.39 is 12.1 Å². The summed E-state index contributed by atoms with van der Waals surface area (Å²) in [6, 6.07) is 0. The minimum Gasteiger partial charge on any atom is -0.475 e. The Hall–Kier alpha value is -1.39. The first kappa shape index (κ1) is 20.9. The van der Waals surface area contributed by atoms with E-state index in [4.69, 9.17) is 19.4 Å². The Morgan fingerprint density at radius 1 is 1.19 bits per heavy atom. The van der Waals surface area contributed by atoms with Gasteiger partial charge in [0.05, 0.1) is 26.4 Å². The molecule has 2 saturated heterocycles. The lowest BCUT2D eigenvalue weighted by Gasteiger charge is -2.43. The van der Waals surface area contributed by atoms with E-state index in [2.05, 4.69) is 4.90 Å². The topological polar surface area (TPSA) is 79.3 Å². The van der Waals surface area contributed by atoms with Crippen molar-refractivity contribution in [2.45, 2.75) is 31.5 Å². The molecule has 7 nitrogen and oxygen atoms in total. The van der Waals surface area contributed by atoms with Crippen LogP contribution < -0.4 is 0 Å². The van der Waals surface area contributed by atoms with Gasteiger partial charge in [0.1, 0.15) is 5.60 Å². The Morgan fingerprint density at radius 3 is 2.38 bits per heavy atom. The van der Waals surface area contributed by atoms with Crippen LogP contribution in [0.25, 0.3) is 0 Å². The van der Waals surface area contributed by atoms with Gasteiger partial charge in [-0.05, 0) is 18.8 Å². The van der Waals surface area contributed by atoms with Crippen molar-refractivity contribution in [2.75, 3.05) is 52.5 Å². The molecule has 0 radical (unpaired) electrons. The van der Waals surface area contributed by atoms with Crippen LogP contribution in [0.5, 0.6) is 0 Å². The van der Waals surface area contributed by atoms with Crippen LogP contribution in [-0.2, 0) is 19.1 Å². The molecule has 3 fully saturated rings. The molecule has 3 rings (SSSR count). The van der Waals surface area contributed by atoms with Gasteiger partial charge in [0.25, 0.3) is 0 Å². The lowest BCUT2D eigenvalue weighted by Crippen LogP contribution is -2.59. The standard InChI is InChI=1S/C14H24N2O3.C2HF3O2/c1-12(17)16-5-6-18-11-14(10-16)9-15(4-7-19-14)8-13-2-3-13;3-2(4,5)1(6)7/h13H,2-11H2,1H3;(H,6,7). The van der Waals surface area contributed by atoms with Gasteiger partial charge in [-0.1, -0.05) is 0 Å². The Kier molecular flexibility index (Phi) is 6.86. The highest BCUT2D eigenvalue weighted by atomic mass is 19.4. The molecule has 26 heavy (non-hydrogen) atoms. The van der Waals surface area contributed by atoms with Gasteiger partial charge in [-0.15, -0.1) is 0 Å². The molecule has 10 heteroatoms. The van der Waals surface area contributed by atoms with Crippen molar-refractivity contribution >= 4 is 11.9 Å². The van der Waals surface area contributed by atoms with Gasteiger partial charge < -0.3 is 19.5 Å². The fraction of sp³-hybridized carbons (Fsp3) is 0.875. The van der Waals surface area contributed by atoms with Gasteiger partial charge in [0.2, 0.25) is 5.91 Å². The van der Waals surface area contributed by atoms with Crippen molar-refractivity contribution < 1.29 is 37.3 Å². The molecule has 2 aliphatic heterocycles. The van der Waals surface area contributed by atoms with E-state index in [9.17, 15) is 18.0 Å². The molecule has 0 aromatic rings. The monoisotopic (exact) mass is 382 g/mol. The maximum Gasteiger partial charge on any atom is 0.490 e. The van der Waals surface area contributed by atoms with Crippen LogP contribution >= 0.6 is 0 Å². The highest BCUT2D eigenvalue weighted by molar-refractivity contribution is 5.73. The average molecular weight is 382 g/mol. The van der Waals surface area contributed by atoms with Gasteiger partial charge in [-0.25, -0.2) is 4.79 Å². The van der Waals surface area contributed by atoms with Crippen molar-refractivity contribution in [1.29, 1.82) is 0 Å². The molecule has 1 N–H and O–H groups in total. The number of carboxylic acid groups (broad SMARTS) is 1. The predicted octanol–water partition coefficient (Wildman–Crippen LogP) is 0.979. The van der Waals surface area contributed by atoms with Crippen LogP contribution in [0.4, 0.5) is 13.2 Å². The van der Waals surface area contributed by atoms with Crippen LogP contribution in [0.15, 0.2) is 0 Å². The second kappa shape index (κ2) is 8.53. The fourth-order valence-corrected chi connectivity index (χ4v) is 3.10.